The molecule has 0 N–H and O–H groups in total. The van der Waals surface area contributed by atoms with Crippen molar-refractivity contribution in [2.75, 3.05) is 6.61 Å². The average molecular weight is 419 g/mol. The first-order valence-electron chi connectivity index (χ1n) is 6.43. The van der Waals surface area contributed by atoms with E-state index in [1.54, 1.807) is 0 Å². The van der Waals surface area contributed by atoms with Crippen molar-refractivity contribution >= 4 is 43.5 Å². The van der Waals surface area contributed by atoms with E-state index in [9.17, 15) is 0 Å². The molecule has 0 radical (unpaired) electrons. The van der Waals surface area contributed by atoms with Gasteiger partial charge in [0.2, 0.25) is 0 Å². The number of rotatable bonds is 5. The fourth-order valence-corrected chi connectivity index (χ4v) is 2.88. The zero-order chi connectivity index (χ0) is 14.5. The second-order valence-corrected chi connectivity index (χ2v) is 6.66. The number of benzene rings is 2. The Bertz CT molecular complexity index is 569. The minimum atomic E-state index is -0.167. The summed E-state index contributed by atoms with van der Waals surface area (Å²) in [6, 6.07) is 14.0. The van der Waals surface area contributed by atoms with Gasteiger partial charge < -0.3 is 4.74 Å². The van der Waals surface area contributed by atoms with Crippen molar-refractivity contribution in [2.24, 2.45) is 0 Å². The molecule has 0 aliphatic rings. The van der Waals surface area contributed by atoms with Crippen LogP contribution in [0.4, 0.5) is 0 Å². The van der Waals surface area contributed by atoms with Crippen LogP contribution in [0.3, 0.4) is 0 Å². The summed E-state index contributed by atoms with van der Waals surface area (Å²) >= 11 is 13.5. The molecule has 2 rings (SSSR count). The Labute approximate surface area is 141 Å². The smallest absolute Gasteiger partial charge is 0.133 e. The van der Waals surface area contributed by atoms with E-state index in [2.05, 4.69) is 38.8 Å². The molecule has 0 aliphatic heterocycles. The number of hydrogen-bond donors (Lipinski definition) is 0. The number of halogens is 3. The summed E-state index contributed by atoms with van der Waals surface area (Å²) in [6.07, 6.45) is 0.991. The minimum absolute atomic E-state index is 0.167. The SMILES string of the molecule is CCCOc1ccc(C(Cl)c2ccc(Br)cc2)cc1Br. The van der Waals surface area contributed by atoms with Gasteiger partial charge in [-0.05, 0) is 57.7 Å². The summed E-state index contributed by atoms with van der Waals surface area (Å²) in [5, 5.41) is -0.167. The molecule has 2 aromatic carbocycles. The van der Waals surface area contributed by atoms with E-state index in [1.807, 2.05) is 42.5 Å². The molecule has 0 aliphatic carbocycles. The maximum absolute atomic E-state index is 6.54. The number of alkyl halides is 1. The summed E-state index contributed by atoms with van der Waals surface area (Å²) in [7, 11) is 0. The van der Waals surface area contributed by atoms with Crippen LogP contribution in [0.25, 0.3) is 0 Å². The van der Waals surface area contributed by atoms with Gasteiger partial charge in [0.15, 0.2) is 0 Å². The van der Waals surface area contributed by atoms with Gasteiger partial charge in [0.25, 0.3) is 0 Å². The molecule has 1 nitrogen and oxygen atoms in total. The van der Waals surface area contributed by atoms with Gasteiger partial charge in [-0.1, -0.05) is 41.1 Å². The Morgan fingerprint density at radius 2 is 1.70 bits per heavy atom. The van der Waals surface area contributed by atoms with Crippen LogP contribution in [-0.4, -0.2) is 6.61 Å². The van der Waals surface area contributed by atoms with Gasteiger partial charge in [-0.2, -0.15) is 0 Å². The van der Waals surface area contributed by atoms with E-state index in [0.717, 1.165) is 38.8 Å². The first-order valence-corrected chi connectivity index (χ1v) is 8.46. The second-order valence-electron chi connectivity index (χ2n) is 4.45. The molecule has 0 saturated carbocycles. The minimum Gasteiger partial charge on any atom is -0.492 e. The standard InChI is InChI=1S/C16H15Br2ClO/c1-2-9-20-15-8-5-12(10-14(15)18)16(19)11-3-6-13(17)7-4-11/h3-8,10,16H,2,9H2,1H3. The Kier molecular flexibility index (Phi) is 5.94. The molecule has 1 atom stereocenters. The van der Waals surface area contributed by atoms with Crippen molar-refractivity contribution in [1.82, 2.24) is 0 Å². The molecule has 2 aromatic rings. The molecule has 0 spiro atoms. The monoisotopic (exact) mass is 416 g/mol. The molecule has 0 fully saturated rings. The molecule has 106 valence electrons. The lowest BCUT2D eigenvalue weighted by Gasteiger charge is -2.13. The summed E-state index contributed by atoms with van der Waals surface area (Å²) in [6.45, 7) is 2.81. The lowest BCUT2D eigenvalue weighted by atomic mass is 10.0. The quantitative estimate of drug-likeness (QED) is 0.516. The van der Waals surface area contributed by atoms with E-state index in [0.29, 0.717) is 0 Å². The van der Waals surface area contributed by atoms with Crippen LogP contribution in [-0.2, 0) is 0 Å². The van der Waals surface area contributed by atoms with Crippen LogP contribution < -0.4 is 4.74 Å². The normalized spacial score (nSPS) is 12.2. The van der Waals surface area contributed by atoms with Crippen LogP contribution in [0.2, 0.25) is 0 Å². The van der Waals surface area contributed by atoms with Gasteiger partial charge in [0, 0.05) is 4.47 Å². The van der Waals surface area contributed by atoms with Gasteiger partial charge >= 0.3 is 0 Å². The molecule has 0 saturated heterocycles. The summed E-state index contributed by atoms with van der Waals surface area (Å²) in [4.78, 5) is 0. The van der Waals surface area contributed by atoms with Crippen LogP contribution >= 0.6 is 43.5 Å². The third-order valence-corrected chi connectivity index (χ3v) is 4.53. The number of ether oxygens (including phenoxy) is 1. The van der Waals surface area contributed by atoms with Crippen LogP contribution in [0.5, 0.6) is 5.75 Å². The van der Waals surface area contributed by atoms with Crippen LogP contribution in [0.15, 0.2) is 51.4 Å². The maximum Gasteiger partial charge on any atom is 0.133 e. The van der Waals surface area contributed by atoms with Crippen LogP contribution in [0.1, 0.15) is 29.8 Å². The fraction of sp³-hybridized carbons (Fsp3) is 0.250. The molecular weight excluding hydrogens is 403 g/mol. The highest BCUT2D eigenvalue weighted by Gasteiger charge is 2.12. The van der Waals surface area contributed by atoms with Gasteiger partial charge in [0.05, 0.1) is 16.5 Å². The first kappa shape index (κ1) is 15.9. The van der Waals surface area contributed by atoms with Crippen molar-refractivity contribution in [2.45, 2.75) is 18.7 Å². The van der Waals surface area contributed by atoms with Crippen molar-refractivity contribution in [3.63, 3.8) is 0 Å². The van der Waals surface area contributed by atoms with Gasteiger partial charge in [0.1, 0.15) is 5.75 Å². The van der Waals surface area contributed by atoms with Gasteiger partial charge in [-0.3, -0.25) is 0 Å². The van der Waals surface area contributed by atoms with Crippen molar-refractivity contribution in [1.29, 1.82) is 0 Å². The van der Waals surface area contributed by atoms with E-state index in [-0.39, 0.29) is 5.38 Å². The highest BCUT2D eigenvalue weighted by Crippen LogP contribution is 2.34. The maximum atomic E-state index is 6.54. The largest absolute Gasteiger partial charge is 0.492 e. The highest BCUT2D eigenvalue weighted by atomic mass is 79.9. The predicted octanol–water partition coefficient (Wildman–Crippen LogP) is 6.33. The summed E-state index contributed by atoms with van der Waals surface area (Å²) < 4.78 is 7.63. The lowest BCUT2D eigenvalue weighted by Crippen LogP contribution is -1.98. The molecule has 0 heterocycles. The van der Waals surface area contributed by atoms with E-state index in [1.165, 1.54) is 0 Å². The molecule has 20 heavy (non-hydrogen) atoms. The average Bonchev–Trinajstić information content (AvgIpc) is 2.46. The molecule has 1 unspecified atom stereocenters. The zero-order valence-electron chi connectivity index (χ0n) is 11.1. The van der Waals surface area contributed by atoms with E-state index >= 15 is 0 Å². The van der Waals surface area contributed by atoms with E-state index < -0.39 is 0 Å². The third kappa shape index (κ3) is 4.00. The zero-order valence-corrected chi connectivity index (χ0v) is 15.0. The molecule has 0 bridgehead atoms. The third-order valence-electron chi connectivity index (χ3n) is 2.87. The Morgan fingerprint density at radius 3 is 2.30 bits per heavy atom. The summed E-state index contributed by atoms with van der Waals surface area (Å²) in [5.41, 5.74) is 2.12. The van der Waals surface area contributed by atoms with Crippen molar-refractivity contribution < 1.29 is 4.74 Å². The molecule has 0 aromatic heterocycles. The van der Waals surface area contributed by atoms with Crippen molar-refractivity contribution in [3.05, 3.63) is 62.5 Å². The fourth-order valence-electron chi connectivity index (χ4n) is 1.83. The van der Waals surface area contributed by atoms with Crippen LogP contribution in [0, 0.1) is 0 Å². The van der Waals surface area contributed by atoms with Gasteiger partial charge in [-0.15, -0.1) is 11.6 Å². The molecular formula is C16H15Br2ClO. The predicted molar refractivity (Wildman–Crippen MR) is 91.8 cm³/mol. The Hall–Kier alpha value is -0.510. The second kappa shape index (κ2) is 7.48. The van der Waals surface area contributed by atoms with Crippen molar-refractivity contribution in [3.8, 4) is 5.75 Å². The number of hydrogen-bond acceptors (Lipinski definition) is 1. The highest BCUT2D eigenvalue weighted by molar-refractivity contribution is 9.10. The topological polar surface area (TPSA) is 9.23 Å². The van der Waals surface area contributed by atoms with Gasteiger partial charge in [-0.25, -0.2) is 0 Å². The molecule has 4 heteroatoms. The lowest BCUT2D eigenvalue weighted by molar-refractivity contribution is 0.315. The van der Waals surface area contributed by atoms with E-state index in [4.69, 9.17) is 16.3 Å². The first-order chi connectivity index (χ1) is 9.61. The molecule has 0 amide bonds. The Morgan fingerprint density at radius 1 is 1.05 bits per heavy atom. The Balaban J connectivity index is 2.20. The summed E-state index contributed by atoms with van der Waals surface area (Å²) in [5.74, 6) is 0.857.